The van der Waals surface area contributed by atoms with Gasteiger partial charge in [-0.15, -0.1) is 0 Å². The number of ether oxygens (including phenoxy) is 1. The number of Topliss-reactive ketones (excluding diaryl/α,β-unsaturated/α-hetero) is 1. The minimum Gasteiger partial charge on any atom is -0.374 e. The van der Waals surface area contributed by atoms with Crippen molar-refractivity contribution in [3.8, 4) is 0 Å². The van der Waals surface area contributed by atoms with Crippen LogP contribution in [-0.2, 0) is 4.74 Å². The van der Waals surface area contributed by atoms with Gasteiger partial charge in [0.05, 0.1) is 0 Å². The Hall–Kier alpha value is -0.420. The summed E-state index contributed by atoms with van der Waals surface area (Å²) in [5, 5.41) is 0. The molecule has 0 radical (unpaired) electrons. The van der Waals surface area contributed by atoms with E-state index in [0.29, 0.717) is 6.61 Å². The summed E-state index contributed by atoms with van der Waals surface area (Å²) in [7, 11) is 0. The number of hydrogen-bond donors (Lipinski definition) is 0. The highest BCUT2D eigenvalue weighted by Gasteiger charge is 2.08. The fourth-order valence-electron chi connectivity index (χ4n) is 0.960. The van der Waals surface area contributed by atoms with Crippen LogP contribution in [0, 0.1) is 3.57 Å². The zero-order valence-electron chi connectivity index (χ0n) is 7.42. The highest BCUT2D eigenvalue weighted by molar-refractivity contribution is 14.1. The average Bonchev–Trinajstić information content (AvgIpc) is 2.15. The third kappa shape index (κ3) is 3.08. The van der Waals surface area contributed by atoms with Crippen LogP contribution in [0.2, 0.25) is 0 Å². The molecule has 0 aliphatic carbocycles. The zero-order chi connectivity index (χ0) is 9.68. The average molecular weight is 290 g/mol. The summed E-state index contributed by atoms with van der Waals surface area (Å²) < 4.78 is 6.03. The van der Waals surface area contributed by atoms with Crippen LogP contribution in [0.15, 0.2) is 24.3 Å². The van der Waals surface area contributed by atoms with Gasteiger partial charge in [0.1, 0.15) is 6.61 Å². The standard InChI is InChI=1S/C10H11IO2/c1-2-13-7-10(12)8-5-3-4-6-9(8)11/h3-6H,2,7H2,1H3. The highest BCUT2D eigenvalue weighted by atomic mass is 127. The largest absolute Gasteiger partial charge is 0.374 e. The Labute approximate surface area is 91.4 Å². The molecule has 13 heavy (non-hydrogen) atoms. The normalized spacial score (nSPS) is 10.0. The van der Waals surface area contributed by atoms with Crippen molar-refractivity contribution < 1.29 is 9.53 Å². The molecule has 0 aliphatic rings. The van der Waals surface area contributed by atoms with Crippen molar-refractivity contribution in [2.45, 2.75) is 6.92 Å². The van der Waals surface area contributed by atoms with Gasteiger partial charge in [-0.25, -0.2) is 0 Å². The lowest BCUT2D eigenvalue weighted by atomic mass is 10.1. The maximum atomic E-state index is 11.5. The van der Waals surface area contributed by atoms with Crippen LogP contribution in [0.1, 0.15) is 17.3 Å². The van der Waals surface area contributed by atoms with Crippen LogP contribution in [0.4, 0.5) is 0 Å². The first kappa shape index (κ1) is 10.7. The van der Waals surface area contributed by atoms with E-state index in [9.17, 15) is 4.79 Å². The fourth-order valence-corrected chi connectivity index (χ4v) is 1.65. The third-order valence-electron chi connectivity index (χ3n) is 1.61. The summed E-state index contributed by atoms with van der Waals surface area (Å²) in [6, 6.07) is 7.52. The zero-order valence-corrected chi connectivity index (χ0v) is 9.58. The fraction of sp³-hybridized carbons (Fsp3) is 0.300. The predicted octanol–water partition coefficient (Wildman–Crippen LogP) is 2.51. The van der Waals surface area contributed by atoms with Gasteiger partial charge in [-0.2, -0.15) is 0 Å². The van der Waals surface area contributed by atoms with Gasteiger partial charge in [0.25, 0.3) is 0 Å². The molecule has 1 rings (SSSR count). The predicted molar refractivity (Wildman–Crippen MR) is 60.0 cm³/mol. The molecule has 0 fully saturated rings. The molecule has 2 nitrogen and oxygen atoms in total. The van der Waals surface area contributed by atoms with E-state index in [4.69, 9.17) is 4.74 Å². The van der Waals surface area contributed by atoms with E-state index in [1.807, 2.05) is 31.2 Å². The van der Waals surface area contributed by atoms with Crippen molar-refractivity contribution in [2.24, 2.45) is 0 Å². The molecule has 0 bridgehead atoms. The van der Waals surface area contributed by atoms with Crippen molar-refractivity contribution in [1.82, 2.24) is 0 Å². The van der Waals surface area contributed by atoms with Gasteiger partial charge in [-0.3, -0.25) is 4.79 Å². The van der Waals surface area contributed by atoms with Crippen molar-refractivity contribution >= 4 is 28.4 Å². The van der Waals surface area contributed by atoms with E-state index < -0.39 is 0 Å². The number of ketones is 1. The summed E-state index contributed by atoms with van der Waals surface area (Å²) >= 11 is 2.15. The number of carbonyl (C=O) groups is 1. The van der Waals surface area contributed by atoms with Crippen LogP contribution >= 0.6 is 22.6 Å². The van der Waals surface area contributed by atoms with Crippen LogP contribution in [-0.4, -0.2) is 19.0 Å². The number of halogens is 1. The Bertz CT molecular complexity index is 297. The first-order valence-electron chi connectivity index (χ1n) is 4.11. The quantitative estimate of drug-likeness (QED) is 0.629. The lowest BCUT2D eigenvalue weighted by Crippen LogP contribution is -2.10. The van der Waals surface area contributed by atoms with E-state index in [0.717, 1.165) is 9.13 Å². The SMILES string of the molecule is CCOCC(=O)c1ccccc1I. The highest BCUT2D eigenvalue weighted by Crippen LogP contribution is 2.11. The van der Waals surface area contributed by atoms with Gasteiger partial charge in [-0.05, 0) is 35.6 Å². The van der Waals surface area contributed by atoms with Crippen molar-refractivity contribution in [3.05, 3.63) is 33.4 Å². The minimum atomic E-state index is 0.0480. The van der Waals surface area contributed by atoms with Gasteiger partial charge in [0.2, 0.25) is 0 Å². The van der Waals surface area contributed by atoms with E-state index in [1.54, 1.807) is 0 Å². The molecule has 0 amide bonds. The Morgan fingerprint density at radius 2 is 2.15 bits per heavy atom. The van der Waals surface area contributed by atoms with Crippen LogP contribution in [0.5, 0.6) is 0 Å². The minimum absolute atomic E-state index is 0.0480. The van der Waals surface area contributed by atoms with Crippen molar-refractivity contribution in [3.63, 3.8) is 0 Å². The number of rotatable bonds is 4. The molecule has 0 aliphatic heterocycles. The summed E-state index contributed by atoms with van der Waals surface area (Å²) in [6.45, 7) is 2.63. The molecule has 1 aromatic carbocycles. The Morgan fingerprint density at radius 1 is 1.46 bits per heavy atom. The van der Waals surface area contributed by atoms with E-state index >= 15 is 0 Å². The van der Waals surface area contributed by atoms with Crippen LogP contribution in [0.25, 0.3) is 0 Å². The lowest BCUT2D eigenvalue weighted by Gasteiger charge is -2.02. The summed E-state index contributed by atoms with van der Waals surface area (Å²) in [6.07, 6.45) is 0. The molecule has 3 heteroatoms. The number of hydrogen-bond acceptors (Lipinski definition) is 2. The molecule has 0 spiro atoms. The van der Waals surface area contributed by atoms with Gasteiger partial charge in [-0.1, -0.05) is 18.2 Å². The van der Waals surface area contributed by atoms with E-state index in [1.165, 1.54) is 0 Å². The van der Waals surface area contributed by atoms with Crippen LogP contribution < -0.4 is 0 Å². The molecule has 0 aromatic heterocycles. The maximum absolute atomic E-state index is 11.5. The van der Waals surface area contributed by atoms with Gasteiger partial charge in [0.15, 0.2) is 5.78 Å². The smallest absolute Gasteiger partial charge is 0.189 e. The topological polar surface area (TPSA) is 26.3 Å². The number of benzene rings is 1. The molecule has 0 saturated heterocycles. The summed E-state index contributed by atoms with van der Waals surface area (Å²) in [5.41, 5.74) is 0.747. The van der Waals surface area contributed by atoms with Gasteiger partial charge in [0, 0.05) is 15.7 Å². The van der Waals surface area contributed by atoms with Gasteiger partial charge < -0.3 is 4.74 Å². The third-order valence-corrected chi connectivity index (χ3v) is 2.55. The van der Waals surface area contributed by atoms with Crippen molar-refractivity contribution in [2.75, 3.05) is 13.2 Å². The molecule has 1 aromatic rings. The maximum Gasteiger partial charge on any atom is 0.189 e. The Balaban J connectivity index is 2.71. The number of carbonyl (C=O) groups excluding carboxylic acids is 1. The van der Waals surface area contributed by atoms with Gasteiger partial charge >= 0.3 is 0 Å². The van der Waals surface area contributed by atoms with E-state index in [2.05, 4.69) is 22.6 Å². The lowest BCUT2D eigenvalue weighted by molar-refractivity contribution is 0.0782. The molecule has 70 valence electrons. The molecule has 0 atom stereocenters. The molecular formula is C10H11IO2. The Morgan fingerprint density at radius 3 is 2.77 bits per heavy atom. The summed E-state index contributed by atoms with van der Waals surface area (Å²) in [5.74, 6) is 0.0480. The first-order valence-corrected chi connectivity index (χ1v) is 5.19. The molecule has 0 saturated carbocycles. The second kappa shape index (κ2) is 5.34. The van der Waals surface area contributed by atoms with Crippen molar-refractivity contribution in [1.29, 1.82) is 0 Å². The van der Waals surface area contributed by atoms with Crippen LogP contribution in [0.3, 0.4) is 0 Å². The second-order valence-electron chi connectivity index (χ2n) is 2.54. The molecule has 0 heterocycles. The Kier molecular flexibility index (Phi) is 4.38. The van der Waals surface area contributed by atoms with E-state index in [-0.39, 0.29) is 12.4 Å². The molecular weight excluding hydrogens is 279 g/mol. The molecule has 0 N–H and O–H groups in total. The first-order chi connectivity index (χ1) is 6.25. The summed E-state index contributed by atoms with van der Waals surface area (Å²) in [4.78, 5) is 11.5. The monoisotopic (exact) mass is 290 g/mol. The molecule has 0 unspecified atom stereocenters. The second-order valence-corrected chi connectivity index (χ2v) is 3.70.